The van der Waals surface area contributed by atoms with Crippen LogP contribution in [0.15, 0.2) is 54.7 Å². The highest BCUT2D eigenvalue weighted by atomic mass is 19.1. The first kappa shape index (κ1) is 19.7. The van der Waals surface area contributed by atoms with Gasteiger partial charge < -0.3 is 4.98 Å². The molecular weight excluding hydrogens is 393 g/mol. The highest BCUT2D eigenvalue weighted by molar-refractivity contribution is 6.21. The van der Waals surface area contributed by atoms with Gasteiger partial charge in [0.2, 0.25) is 0 Å². The Balaban J connectivity index is 1.13. The number of aromatic nitrogens is 1. The molecular formula is C25H24FN3O2. The van der Waals surface area contributed by atoms with E-state index in [9.17, 15) is 14.0 Å². The van der Waals surface area contributed by atoms with Gasteiger partial charge in [-0.25, -0.2) is 4.39 Å². The van der Waals surface area contributed by atoms with E-state index in [0.29, 0.717) is 13.0 Å². The first-order valence-corrected chi connectivity index (χ1v) is 10.8. The predicted molar refractivity (Wildman–Crippen MR) is 118 cm³/mol. The summed E-state index contributed by atoms with van der Waals surface area (Å²) in [7, 11) is 0. The topological polar surface area (TPSA) is 56.4 Å². The van der Waals surface area contributed by atoms with E-state index in [1.54, 1.807) is 0 Å². The second-order valence-corrected chi connectivity index (χ2v) is 8.16. The maximum absolute atomic E-state index is 13.9. The normalized spacial score (nSPS) is 16.8. The van der Waals surface area contributed by atoms with Gasteiger partial charge in [-0.2, -0.15) is 0 Å². The zero-order valence-electron chi connectivity index (χ0n) is 17.2. The Hall–Kier alpha value is -3.25. The van der Waals surface area contributed by atoms with Gasteiger partial charge in [-0.15, -0.1) is 0 Å². The number of para-hydroxylation sites is 1. The lowest BCUT2D eigenvalue weighted by Crippen LogP contribution is -2.32. The summed E-state index contributed by atoms with van der Waals surface area (Å²) in [6.07, 6.45) is 6.98. The summed E-state index contributed by atoms with van der Waals surface area (Å²) in [6, 6.07) is 12.6. The van der Waals surface area contributed by atoms with Gasteiger partial charge >= 0.3 is 0 Å². The zero-order chi connectivity index (χ0) is 21.4. The summed E-state index contributed by atoms with van der Waals surface area (Å²) in [5.41, 5.74) is 3.91. The van der Waals surface area contributed by atoms with Gasteiger partial charge in [-0.1, -0.05) is 30.3 Å². The molecule has 2 amide bonds. The van der Waals surface area contributed by atoms with E-state index in [1.807, 2.05) is 6.07 Å². The molecule has 0 bridgehead atoms. The van der Waals surface area contributed by atoms with Crippen molar-refractivity contribution in [2.24, 2.45) is 0 Å². The molecule has 0 spiro atoms. The Bertz CT molecular complexity index is 1200. The molecule has 0 radical (unpaired) electrons. The molecule has 2 aliphatic rings. The van der Waals surface area contributed by atoms with Crippen molar-refractivity contribution in [2.45, 2.75) is 19.3 Å². The maximum Gasteiger partial charge on any atom is 0.264 e. The minimum absolute atomic E-state index is 0.0847. The fraction of sp³-hybridized carbons (Fsp3) is 0.280. The van der Waals surface area contributed by atoms with Crippen LogP contribution in [0.3, 0.4) is 0 Å². The minimum atomic E-state index is -0.621. The molecule has 0 fully saturated rings. The SMILES string of the molecule is O=C1c2cccc(F)c2C(=O)N1CCCCN1CC=C(c2c[nH]c3ccccc23)CC1. The fourth-order valence-corrected chi connectivity index (χ4v) is 4.60. The van der Waals surface area contributed by atoms with Crippen LogP contribution in [0.1, 0.15) is 45.5 Å². The average Bonchev–Trinajstić information content (AvgIpc) is 3.32. The number of benzene rings is 2. The third kappa shape index (κ3) is 3.57. The molecule has 3 aromatic rings. The quantitative estimate of drug-likeness (QED) is 0.476. The van der Waals surface area contributed by atoms with Crippen molar-refractivity contribution in [2.75, 3.05) is 26.2 Å². The maximum atomic E-state index is 13.9. The van der Waals surface area contributed by atoms with Crippen LogP contribution in [0.25, 0.3) is 16.5 Å². The van der Waals surface area contributed by atoms with Crippen LogP contribution in [0, 0.1) is 5.82 Å². The van der Waals surface area contributed by atoms with Gasteiger partial charge in [0.1, 0.15) is 5.82 Å². The number of aromatic amines is 1. The number of amides is 2. The van der Waals surface area contributed by atoms with Gasteiger partial charge in [0.25, 0.3) is 11.8 Å². The largest absolute Gasteiger partial charge is 0.361 e. The first-order valence-electron chi connectivity index (χ1n) is 10.8. The summed E-state index contributed by atoms with van der Waals surface area (Å²) in [5, 5.41) is 1.26. The molecule has 2 aromatic carbocycles. The first-order chi connectivity index (χ1) is 15.1. The van der Waals surface area contributed by atoms with Crippen molar-refractivity contribution in [3.05, 3.63) is 77.2 Å². The van der Waals surface area contributed by atoms with E-state index in [2.05, 4.69) is 40.4 Å². The second kappa shape index (κ2) is 8.12. The van der Waals surface area contributed by atoms with Gasteiger partial charge in [0.05, 0.1) is 11.1 Å². The van der Waals surface area contributed by atoms with Crippen molar-refractivity contribution >= 4 is 28.3 Å². The number of nitrogens with zero attached hydrogens (tertiary/aromatic N) is 2. The molecule has 0 saturated carbocycles. The number of rotatable bonds is 6. The third-order valence-corrected chi connectivity index (χ3v) is 6.28. The Morgan fingerprint density at radius 1 is 0.935 bits per heavy atom. The molecule has 2 aliphatic heterocycles. The summed E-state index contributed by atoms with van der Waals surface area (Å²) in [4.78, 5) is 31.7. The van der Waals surface area contributed by atoms with Crippen LogP contribution >= 0.6 is 0 Å². The fourth-order valence-electron chi connectivity index (χ4n) is 4.60. The lowest BCUT2D eigenvalue weighted by atomic mass is 9.99. The highest BCUT2D eigenvalue weighted by Crippen LogP contribution is 2.29. The molecule has 1 aromatic heterocycles. The molecule has 0 atom stereocenters. The number of nitrogens with one attached hydrogen (secondary N) is 1. The summed E-state index contributed by atoms with van der Waals surface area (Å²) in [6.45, 7) is 3.13. The lowest BCUT2D eigenvalue weighted by Gasteiger charge is -2.26. The Morgan fingerprint density at radius 3 is 2.58 bits per heavy atom. The van der Waals surface area contributed by atoms with Gasteiger partial charge in [0, 0.05) is 42.3 Å². The minimum Gasteiger partial charge on any atom is -0.361 e. The third-order valence-electron chi connectivity index (χ3n) is 6.28. The Kier molecular flexibility index (Phi) is 5.16. The standard InChI is InChI=1S/C25H24FN3O2/c26-21-8-5-7-19-23(21)25(31)29(24(19)30)13-4-3-12-28-14-10-17(11-15-28)20-16-27-22-9-2-1-6-18(20)22/h1-2,5-10,16,27H,3-4,11-15H2. The van der Waals surface area contributed by atoms with Crippen LogP contribution in [0.4, 0.5) is 4.39 Å². The number of hydrogen-bond acceptors (Lipinski definition) is 3. The van der Waals surface area contributed by atoms with Crippen molar-refractivity contribution in [3.63, 3.8) is 0 Å². The van der Waals surface area contributed by atoms with Crippen molar-refractivity contribution in [3.8, 4) is 0 Å². The van der Waals surface area contributed by atoms with Gasteiger partial charge in [-0.05, 0) is 49.6 Å². The number of unbranched alkanes of at least 4 members (excludes halogenated alkanes) is 1. The number of carbonyl (C=O) groups excluding carboxylic acids is 2. The Labute approximate surface area is 180 Å². The van der Waals surface area contributed by atoms with Crippen LogP contribution in [-0.2, 0) is 0 Å². The predicted octanol–water partition coefficient (Wildman–Crippen LogP) is 4.47. The molecule has 158 valence electrons. The summed E-state index contributed by atoms with van der Waals surface area (Å²) >= 11 is 0. The van der Waals surface area contributed by atoms with E-state index in [1.165, 1.54) is 39.6 Å². The molecule has 3 heterocycles. The number of carbonyl (C=O) groups is 2. The van der Waals surface area contributed by atoms with Gasteiger partial charge in [-0.3, -0.25) is 19.4 Å². The lowest BCUT2D eigenvalue weighted by molar-refractivity contribution is 0.0649. The van der Waals surface area contributed by atoms with Crippen LogP contribution < -0.4 is 0 Å². The van der Waals surface area contributed by atoms with Crippen molar-refractivity contribution in [1.82, 2.24) is 14.8 Å². The van der Waals surface area contributed by atoms with Crippen LogP contribution in [-0.4, -0.2) is 52.8 Å². The zero-order valence-corrected chi connectivity index (χ0v) is 17.2. The number of fused-ring (bicyclic) bond motifs is 2. The van der Waals surface area contributed by atoms with Crippen LogP contribution in [0.2, 0.25) is 0 Å². The van der Waals surface area contributed by atoms with E-state index >= 15 is 0 Å². The molecule has 5 rings (SSSR count). The molecule has 0 aliphatic carbocycles. The van der Waals surface area contributed by atoms with E-state index < -0.39 is 11.7 Å². The average molecular weight is 417 g/mol. The number of imide groups is 1. The smallest absolute Gasteiger partial charge is 0.264 e. The number of halogens is 1. The Morgan fingerprint density at radius 2 is 1.77 bits per heavy atom. The van der Waals surface area contributed by atoms with E-state index in [0.717, 1.165) is 38.0 Å². The van der Waals surface area contributed by atoms with Crippen molar-refractivity contribution in [1.29, 1.82) is 0 Å². The number of hydrogen-bond donors (Lipinski definition) is 1. The molecule has 31 heavy (non-hydrogen) atoms. The van der Waals surface area contributed by atoms with E-state index in [-0.39, 0.29) is 17.0 Å². The molecule has 1 N–H and O–H groups in total. The summed E-state index contributed by atoms with van der Waals surface area (Å²) in [5.74, 6) is -1.52. The van der Waals surface area contributed by atoms with Gasteiger partial charge in [0.15, 0.2) is 0 Å². The van der Waals surface area contributed by atoms with Crippen molar-refractivity contribution < 1.29 is 14.0 Å². The molecule has 0 saturated heterocycles. The molecule has 0 unspecified atom stereocenters. The monoisotopic (exact) mass is 417 g/mol. The van der Waals surface area contributed by atoms with E-state index in [4.69, 9.17) is 0 Å². The molecule has 6 heteroatoms. The van der Waals surface area contributed by atoms with Crippen LogP contribution in [0.5, 0.6) is 0 Å². The second-order valence-electron chi connectivity index (χ2n) is 8.16. The molecule has 5 nitrogen and oxygen atoms in total. The highest BCUT2D eigenvalue weighted by Gasteiger charge is 2.37. The summed E-state index contributed by atoms with van der Waals surface area (Å²) < 4.78 is 13.9. The number of H-pyrrole nitrogens is 1.